The molecule has 1 atom stereocenters. The molecule has 10 nitrogen and oxygen atoms in total. The Bertz CT molecular complexity index is 989. The topological polar surface area (TPSA) is 145 Å². The summed E-state index contributed by atoms with van der Waals surface area (Å²) in [7, 11) is 0. The Balaban J connectivity index is 1.86. The summed E-state index contributed by atoms with van der Waals surface area (Å²) in [5.41, 5.74) is -1.04. The number of carboxylic acids is 1. The Hall–Kier alpha value is -3.45. The van der Waals surface area contributed by atoms with E-state index in [1.807, 2.05) is 0 Å². The number of alkyl halides is 4. The first-order valence-electron chi connectivity index (χ1n) is 8.89. The van der Waals surface area contributed by atoms with Crippen LogP contribution >= 0.6 is 0 Å². The van der Waals surface area contributed by atoms with Gasteiger partial charge in [0.2, 0.25) is 11.5 Å². The lowest BCUT2D eigenvalue weighted by molar-refractivity contribution is -0.141. The van der Waals surface area contributed by atoms with Crippen molar-refractivity contribution < 1.29 is 41.5 Å². The molecule has 1 aliphatic heterocycles. The van der Waals surface area contributed by atoms with Crippen LogP contribution in [0.1, 0.15) is 41.7 Å². The average Bonchev–Trinajstić information content (AvgIpc) is 3.18. The minimum Gasteiger partial charge on any atom is -0.476 e. The molecule has 0 aliphatic carbocycles. The predicted molar refractivity (Wildman–Crippen MR) is 93.8 cm³/mol. The first-order chi connectivity index (χ1) is 14.4. The van der Waals surface area contributed by atoms with Crippen LogP contribution in [0, 0.1) is 0 Å². The maximum absolute atomic E-state index is 16.0. The van der Waals surface area contributed by atoms with Crippen molar-refractivity contribution in [1.29, 1.82) is 0 Å². The minimum absolute atomic E-state index is 0.130. The Labute approximate surface area is 172 Å². The fourth-order valence-electron chi connectivity index (χ4n) is 3.36. The molecule has 0 bridgehead atoms. The number of ether oxygens (including phenoxy) is 1. The number of hydrogen-bond acceptors (Lipinski definition) is 8. The maximum Gasteiger partial charge on any atom is 0.433 e. The van der Waals surface area contributed by atoms with Crippen molar-refractivity contribution in [2.75, 3.05) is 18.0 Å². The number of primary amides is 1. The van der Waals surface area contributed by atoms with E-state index in [0.717, 1.165) is 19.2 Å². The molecule has 2 aromatic heterocycles. The summed E-state index contributed by atoms with van der Waals surface area (Å²) < 4.78 is 64.6. The maximum atomic E-state index is 16.0. The van der Waals surface area contributed by atoms with Gasteiger partial charge in [-0.25, -0.2) is 23.9 Å². The van der Waals surface area contributed by atoms with Crippen molar-refractivity contribution in [3.8, 4) is 0 Å². The smallest absolute Gasteiger partial charge is 0.433 e. The third kappa shape index (κ3) is 4.22. The number of aromatic nitrogens is 3. The molecule has 0 aromatic carbocycles. The number of anilines is 1. The molecule has 1 fully saturated rings. The minimum atomic E-state index is -4.67. The average molecular weight is 447 g/mol. The molecule has 2 aromatic rings. The summed E-state index contributed by atoms with van der Waals surface area (Å²) in [6.07, 6.45) is -5.75. The lowest BCUT2D eigenvalue weighted by Crippen LogP contribution is -2.56. The molecule has 1 aliphatic rings. The second kappa shape index (κ2) is 7.67. The molecule has 1 unspecified atom stereocenters. The van der Waals surface area contributed by atoms with E-state index in [2.05, 4.69) is 15.1 Å². The zero-order valence-corrected chi connectivity index (χ0v) is 16.0. The van der Waals surface area contributed by atoms with Gasteiger partial charge in [-0.15, -0.1) is 0 Å². The number of nitrogens with two attached hydrogens (primary N) is 1. The quantitative estimate of drug-likeness (QED) is 0.660. The van der Waals surface area contributed by atoms with Gasteiger partial charge in [-0.2, -0.15) is 13.2 Å². The highest BCUT2D eigenvalue weighted by Gasteiger charge is 2.57. The second-order valence-corrected chi connectivity index (χ2v) is 7.03. The molecule has 3 N–H and O–H groups in total. The van der Waals surface area contributed by atoms with Crippen LogP contribution in [0.2, 0.25) is 0 Å². The molecule has 14 heteroatoms. The SMILES string of the molecule is CC(OC(N)=O)(c1cc(C(=O)O)no1)C1(F)CCN(c2nccc(C(F)(F)F)n2)CC1. The lowest BCUT2D eigenvalue weighted by Gasteiger charge is -2.44. The summed E-state index contributed by atoms with van der Waals surface area (Å²) in [6.45, 7) is 0.894. The summed E-state index contributed by atoms with van der Waals surface area (Å²) >= 11 is 0. The van der Waals surface area contributed by atoms with Gasteiger partial charge in [-0.05, 0) is 13.0 Å². The van der Waals surface area contributed by atoms with Crippen LogP contribution < -0.4 is 10.6 Å². The van der Waals surface area contributed by atoms with Crippen LogP contribution in [0.4, 0.5) is 28.3 Å². The molecule has 168 valence electrons. The van der Waals surface area contributed by atoms with Crippen LogP contribution in [-0.2, 0) is 16.5 Å². The summed E-state index contributed by atoms with van der Waals surface area (Å²) in [6, 6.07) is 1.63. The number of carbonyl (C=O) groups is 2. The van der Waals surface area contributed by atoms with E-state index >= 15 is 4.39 Å². The Kier molecular flexibility index (Phi) is 5.50. The van der Waals surface area contributed by atoms with E-state index in [1.165, 1.54) is 4.90 Å². The van der Waals surface area contributed by atoms with E-state index in [0.29, 0.717) is 6.07 Å². The number of piperidine rings is 1. The standard InChI is InChI=1S/C17H17F4N5O5/c1-15(30-13(22)29,11-8-9(12(27)28)25-31-11)16(18)3-6-26(7-4-16)14-23-5-2-10(24-14)17(19,20)21/h2,5,8H,3-4,6-7H2,1H3,(H2,22,29)(H,27,28). The molecule has 1 saturated heterocycles. The molecule has 1 amide bonds. The van der Waals surface area contributed by atoms with Gasteiger partial charge in [0.15, 0.2) is 17.1 Å². The van der Waals surface area contributed by atoms with Crippen molar-refractivity contribution in [3.05, 3.63) is 35.5 Å². The summed E-state index contributed by atoms with van der Waals surface area (Å²) in [5.74, 6) is -2.06. The van der Waals surface area contributed by atoms with E-state index in [-0.39, 0.29) is 37.6 Å². The zero-order valence-electron chi connectivity index (χ0n) is 16.0. The molecular formula is C17H17F4N5O5. The van der Waals surface area contributed by atoms with Crippen LogP contribution in [0.3, 0.4) is 0 Å². The van der Waals surface area contributed by atoms with E-state index < -0.39 is 40.9 Å². The molecule has 31 heavy (non-hydrogen) atoms. The fraction of sp³-hybridized carbons (Fsp3) is 0.471. The molecular weight excluding hydrogens is 430 g/mol. The largest absolute Gasteiger partial charge is 0.476 e. The lowest BCUT2D eigenvalue weighted by atomic mass is 9.76. The van der Waals surface area contributed by atoms with Crippen molar-refractivity contribution >= 4 is 18.0 Å². The summed E-state index contributed by atoms with van der Waals surface area (Å²) in [5, 5.41) is 12.3. The normalized spacial score (nSPS) is 18.3. The van der Waals surface area contributed by atoms with Crippen molar-refractivity contribution in [3.63, 3.8) is 0 Å². The van der Waals surface area contributed by atoms with Crippen molar-refractivity contribution in [1.82, 2.24) is 15.1 Å². The van der Waals surface area contributed by atoms with E-state index in [9.17, 15) is 22.8 Å². The third-order valence-corrected chi connectivity index (χ3v) is 5.13. The van der Waals surface area contributed by atoms with Gasteiger partial charge in [0.05, 0.1) is 0 Å². The second-order valence-electron chi connectivity index (χ2n) is 7.03. The van der Waals surface area contributed by atoms with Gasteiger partial charge < -0.3 is 25.0 Å². The van der Waals surface area contributed by atoms with Crippen LogP contribution in [0.25, 0.3) is 0 Å². The predicted octanol–water partition coefficient (Wildman–Crippen LogP) is 2.50. The van der Waals surface area contributed by atoms with Gasteiger partial charge in [0.1, 0.15) is 5.69 Å². The first-order valence-corrected chi connectivity index (χ1v) is 8.89. The van der Waals surface area contributed by atoms with Gasteiger partial charge in [0, 0.05) is 38.2 Å². The number of aromatic carboxylic acids is 1. The third-order valence-electron chi connectivity index (χ3n) is 5.13. The Morgan fingerprint density at radius 3 is 2.48 bits per heavy atom. The van der Waals surface area contributed by atoms with Crippen LogP contribution in [0.5, 0.6) is 0 Å². The summed E-state index contributed by atoms with van der Waals surface area (Å²) in [4.78, 5) is 31.1. The first kappa shape index (κ1) is 22.2. The van der Waals surface area contributed by atoms with Gasteiger partial charge in [-0.1, -0.05) is 5.16 Å². The Morgan fingerprint density at radius 2 is 1.97 bits per heavy atom. The highest BCUT2D eigenvalue weighted by atomic mass is 19.4. The fourth-order valence-corrected chi connectivity index (χ4v) is 3.36. The van der Waals surface area contributed by atoms with Crippen LogP contribution in [0.15, 0.2) is 22.9 Å². The number of carboxylic acid groups (broad SMARTS) is 1. The van der Waals surface area contributed by atoms with E-state index in [4.69, 9.17) is 20.1 Å². The number of rotatable bonds is 5. The Morgan fingerprint density at radius 1 is 1.32 bits per heavy atom. The number of halogens is 4. The van der Waals surface area contributed by atoms with Crippen molar-refractivity contribution in [2.24, 2.45) is 5.73 Å². The molecule has 3 heterocycles. The number of amides is 1. The molecule has 0 spiro atoms. The van der Waals surface area contributed by atoms with Gasteiger partial charge in [0.25, 0.3) is 0 Å². The monoisotopic (exact) mass is 447 g/mol. The van der Waals surface area contributed by atoms with Crippen molar-refractivity contribution in [2.45, 2.75) is 37.2 Å². The molecule has 0 radical (unpaired) electrons. The highest BCUT2D eigenvalue weighted by Crippen LogP contribution is 2.46. The zero-order chi connectivity index (χ0) is 23.0. The molecule has 3 rings (SSSR count). The van der Waals surface area contributed by atoms with Gasteiger partial charge >= 0.3 is 18.2 Å². The number of hydrogen-bond donors (Lipinski definition) is 2. The molecule has 0 saturated carbocycles. The van der Waals surface area contributed by atoms with E-state index in [1.54, 1.807) is 0 Å². The highest BCUT2D eigenvalue weighted by molar-refractivity contribution is 5.85. The van der Waals surface area contributed by atoms with Crippen LogP contribution in [-0.4, -0.2) is 51.1 Å². The number of carbonyl (C=O) groups excluding carboxylic acids is 1. The number of nitrogens with zero attached hydrogens (tertiary/aromatic N) is 4. The van der Waals surface area contributed by atoms with Gasteiger partial charge in [-0.3, -0.25) is 0 Å².